The lowest BCUT2D eigenvalue weighted by Crippen LogP contribution is -2.50. The van der Waals surface area contributed by atoms with Gasteiger partial charge in [0.05, 0.1) is 0 Å². The first-order valence-corrected chi connectivity index (χ1v) is 8.84. The van der Waals surface area contributed by atoms with Crippen LogP contribution in [-0.2, 0) is 4.79 Å². The molecule has 0 aromatic carbocycles. The highest BCUT2D eigenvalue weighted by molar-refractivity contribution is 5.76. The van der Waals surface area contributed by atoms with Gasteiger partial charge in [0.2, 0.25) is 5.91 Å². The van der Waals surface area contributed by atoms with Crippen LogP contribution < -0.4 is 10.2 Å². The van der Waals surface area contributed by atoms with Gasteiger partial charge in [0.15, 0.2) is 5.82 Å². The van der Waals surface area contributed by atoms with E-state index in [1.165, 1.54) is 25.7 Å². The molecule has 4 rings (SSSR count). The zero-order valence-electron chi connectivity index (χ0n) is 13.5. The highest BCUT2D eigenvalue weighted by atomic mass is 16.2. The number of nitrogens with zero attached hydrogens (tertiary/aromatic N) is 4. The fourth-order valence-electron chi connectivity index (χ4n) is 4.36. The van der Waals surface area contributed by atoms with Crippen molar-refractivity contribution in [1.82, 2.24) is 20.4 Å². The van der Waals surface area contributed by atoms with Crippen LogP contribution in [0, 0.1) is 5.92 Å². The molecule has 6 nitrogen and oxygen atoms in total. The summed E-state index contributed by atoms with van der Waals surface area (Å²) in [6.07, 6.45) is 7.39. The molecular weight excluding hydrogens is 290 g/mol. The molecule has 3 aliphatic heterocycles. The van der Waals surface area contributed by atoms with Gasteiger partial charge in [-0.15, -0.1) is 5.10 Å². The standard InChI is InChI=1S/C17H25N5O/c23-17(12-13-10-14-3-4-15(11-13)19-14)22-8-6-21(7-9-22)16-2-1-5-18-20-16/h1-2,5,13-15,19H,3-4,6-12H2. The van der Waals surface area contributed by atoms with E-state index in [1.54, 1.807) is 6.20 Å². The monoisotopic (exact) mass is 315 g/mol. The molecule has 1 aromatic rings. The van der Waals surface area contributed by atoms with Crippen molar-refractivity contribution in [1.29, 1.82) is 0 Å². The molecule has 2 atom stereocenters. The van der Waals surface area contributed by atoms with Gasteiger partial charge >= 0.3 is 0 Å². The minimum absolute atomic E-state index is 0.343. The largest absolute Gasteiger partial charge is 0.352 e. The summed E-state index contributed by atoms with van der Waals surface area (Å²) in [5.41, 5.74) is 0. The van der Waals surface area contributed by atoms with Crippen molar-refractivity contribution in [3.05, 3.63) is 18.3 Å². The Morgan fingerprint density at radius 3 is 2.57 bits per heavy atom. The quantitative estimate of drug-likeness (QED) is 0.903. The van der Waals surface area contributed by atoms with Gasteiger partial charge in [0, 0.05) is 50.9 Å². The molecule has 23 heavy (non-hydrogen) atoms. The second-order valence-electron chi connectivity index (χ2n) is 7.13. The topological polar surface area (TPSA) is 61.4 Å². The maximum absolute atomic E-state index is 12.6. The van der Waals surface area contributed by atoms with Gasteiger partial charge in [0.25, 0.3) is 0 Å². The van der Waals surface area contributed by atoms with E-state index in [0.717, 1.165) is 38.4 Å². The van der Waals surface area contributed by atoms with E-state index in [9.17, 15) is 4.79 Å². The smallest absolute Gasteiger partial charge is 0.222 e. The zero-order chi connectivity index (χ0) is 15.6. The summed E-state index contributed by atoms with van der Waals surface area (Å²) in [5, 5.41) is 11.7. The minimum atomic E-state index is 0.343. The Hall–Kier alpha value is -1.69. The summed E-state index contributed by atoms with van der Waals surface area (Å²) in [6, 6.07) is 5.22. The number of hydrogen-bond acceptors (Lipinski definition) is 5. The summed E-state index contributed by atoms with van der Waals surface area (Å²) in [7, 11) is 0. The Morgan fingerprint density at radius 1 is 1.17 bits per heavy atom. The summed E-state index contributed by atoms with van der Waals surface area (Å²) in [5.74, 6) is 1.84. The van der Waals surface area contributed by atoms with Crippen molar-refractivity contribution in [2.75, 3.05) is 31.1 Å². The lowest BCUT2D eigenvalue weighted by Gasteiger charge is -2.36. The van der Waals surface area contributed by atoms with Crippen molar-refractivity contribution >= 4 is 11.7 Å². The molecule has 1 amide bonds. The molecular formula is C17H25N5O. The number of aromatic nitrogens is 2. The Kier molecular flexibility index (Phi) is 4.16. The molecule has 4 heterocycles. The van der Waals surface area contributed by atoms with Gasteiger partial charge in [-0.05, 0) is 43.7 Å². The van der Waals surface area contributed by atoms with Crippen molar-refractivity contribution in [2.24, 2.45) is 5.92 Å². The molecule has 3 aliphatic rings. The first-order valence-electron chi connectivity index (χ1n) is 8.84. The van der Waals surface area contributed by atoms with Crippen molar-refractivity contribution < 1.29 is 4.79 Å². The van der Waals surface area contributed by atoms with Crippen molar-refractivity contribution in [3.8, 4) is 0 Å². The molecule has 1 aromatic heterocycles. The maximum atomic E-state index is 12.6. The zero-order valence-corrected chi connectivity index (χ0v) is 13.5. The van der Waals surface area contributed by atoms with Crippen LogP contribution in [0.15, 0.2) is 18.3 Å². The number of nitrogens with one attached hydrogen (secondary N) is 1. The minimum Gasteiger partial charge on any atom is -0.352 e. The number of rotatable bonds is 3. The molecule has 0 aliphatic carbocycles. The molecule has 2 unspecified atom stereocenters. The number of carbonyl (C=O) groups excluding carboxylic acids is 1. The van der Waals surface area contributed by atoms with Crippen LogP contribution in [0.25, 0.3) is 0 Å². The summed E-state index contributed by atoms with van der Waals surface area (Å²) in [6.45, 7) is 3.30. The third-order valence-corrected chi connectivity index (χ3v) is 5.55. The molecule has 2 bridgehead atoms. The van der Waals surface area contributed by atoms with Gasteiger partial charge < -0.3 is 15.1 Å². The Morgan fingerprint density at radius 2 is 1.91 bits per heavy atom. The average molecular weight is 315 g/mol. The third-order valence-electron chi connectivity index (χ3n) is 5.55. The highest BCUT2D eigenvalue weighted by Crippen LogP contribution is 2.33. The van der Waals surface area contributed by atoms with Gasteiger partial charge in [-0.1, -0.05) is 0 Å². The Labute approximate surface area is 137 Å². The molecule has 3 saturated heterocycles. The summed E-state index contributed by atoms with van der Waals surface area (Å²) >= 11 is 0. The van der Waals surface area contributed by atoms with Crippen LogP contribution >= 0.6 is 0 Å². The molecule has 0 radical (unpaired) electrons. The van der Waals surface area contributed by atoms with E-state index < -0.39 is 0 Å². The van der Waals surface area contributed by atoms with Crippen LogP contribution in [0.5, 0.6) is 0 Å². The van der Waals surface area contributed by atoms with E-state index in [4.69, 9.17) is 0 Å². The fraction of sp³-hybridized carbons (Fsp3) is 0.706. The number of carbonyl (C=O) groups is 1. The number of hydrogen-bond donors (Lipinski definition) is 1. The predicted molar refractivity (Wildman–Crippen MR) is 88.1 cm³/mol. The van der Waals surface area contributed by atoms with Crippen molar-refractivity contribution in [3.63, 3.8) is 0 Å². The normalized spacial score (nSPS) is 30.5. The number of piperidine rings is 1. The number of fused-ring (bicyclic) bond motifs is 2. The van der Waals surface area contributed by atoms with E-state index >= 15 is 0 Å². The van der Waals surface area contributed by atoms with Crippen LogP contribution in [0.4, 0.5) is 5.82 Å². The van der Waals surface area contributed by atoms with Gasteiger partial charge in [-0.2, -0.15) is 5.10 Å². The number of piperazine rings is 1. The van der Waals surface area contributed by atoms with E-state index in [1.807, 2.05) is 17.0 Å². The Balaban J connectivity index is 1.27. The second kappa shape index (κ2) is 6.43. The molecule has 6 heteroatoms. The molecule has 0 spiro atoms. The van der Waals surface area contributed by atoms with E-state index in [0.29, 0.717) is 23.9 Å². The molecule has 124 valence electrons. The Bertz CT molecular complexity index is 531. The maximum Gasteiger partial charge on any atom is 0.222 e. The van der Waals surface area contributed by atoms with Crippen molar-refractivity contribution in [2.45, 2.75) is 44.2 Å². The predicted octanol–water partition coefficient (Wildman–Crippen LogP) is 1.05. The van der Waals surface area contributed by atoms with E-state index in [-0.39, 0.29) is 0 Å². The lowest BCUT2D eigenvalue weighted by atomic mass is 9.89. The van der Waals surface area contributed by atoms with E-state index in [2.05, 4.69) is 20.4 Å². The summed E-state index contributed by atoms with van der Waals surface area (Å²) < 4.78 is 0. The molecule has 0 saturated carbocycles. The SMILES string of the molecule is O=C(CC1CC2CCC(C1)N2)N1CCN(c2cccnn2)CC1. The molecule has 1 N–H and O–H groups in total. The lowest BCUT2D eigenvalue weighted by molar-refractivity contribution is -0.132. The third kappa shape index (κ3) is 3.32. The second-order valence-corrected chi connectivity index (χ2v) is 7.13. The van der Waals surface area contributed by atoms with Gasteiger partial charge in [-0.3, -0.25) is 4.79 Å². The first kappa shape index (κ1) is 14.9. The fourth-order valence-corrected chi connectivity index (χ4v) is 4.36. The number of anilines is 1. The van der Waals surface area contributed by atoms with Crippen LogP contribution in [0.3, 0.4) is 0 Å². The first-order chi connectivity index (χ1) is 11.3. The average Bonchev–Trinajstić information content (AvgIpc) is 2.94. The highest BCUT2D eigenvalue weighted by Gasteiger charge is 2.35. The number of amides is 1. The van der Waals surface area contributed by atoms with Crippen LogP contribution in [0.1, 0.15) is 32.1 Å². The van der Waals surface area contributed by atoms with Gasteiger partial charge in [0.1, 0.15) is 0 Å². The van der Waals surface area contributed by atoms with Gasteiger partial charge in [-0.25, -0.2) is 0 Å². The van der Waals surface area contributed by atoms with Crippen LogP contribution in [-0.4, -0.2) is 59.3 Å². The summed E-state index contributed by atoms with van der Waals surface area (Å²) in [4.78, 5) is 16.9. The van der Waals surface area contributed by atoms with Crippen LogP contribution in [0.2, 0.25) is 0 Å². The molecule has 3 fully saturated rings.